The average molecular weight is 350 g/mol. The molecule has 0 aliphatic rings. The van der Waals surface area contributed by atoms with Crippen molar-refractivity contribution < 1.29 is 14.3 Å². The predicted molar refractivity (Wildman–Crippen MR) is 97.2 cm³/mol. The molecule has 0 fully saturated rings. The number of ether oxygens (including phenoxy) is 1. The first-order valence-corrected chi connectivity index (χ1v) is 8.16. The quantitative estimate of drug-likeness (QED) is 0.522. The molecule has 0 aliphatic carbocycles. The van der Waals surface area contributed by atoms with Crippen LogP contribution in [-0.2, 0) is 16.1 Å². The van der Waals surface area contributed by atoms with Crippen molar-refractivity contribution >= 4 is 22.8 Å². The summed E-state index contributed by atoms with van der Waals surface area (Å²) < 4.78 is 6.38. The fourth-order valence-electron chi connectivity index (χ4n) is 2.71. The largest absolute Gasteiger partial charge is 0.456 e. The van der Waals surface area contributed by atoms with E-state index in [1.165, 1.54) is 4.57 Å². The van der Waals surface area contributed by atoms with Crippen LogP contribution in [0.2, 0.25) is 0 Å². The van der Waals surface area contributed by atoms with E-state index < -0.39 is 11.5 Å². The molecule has 0 bridgehead atoms. The third-order valence-corrected chi connectivity index (χ3v) is 4.10. The van der Waals surface area contributed by atoms with Gasteiger partial charge in [-0.2, -0.15) is 0 Å². The monoisotopic (exact) mass is 350 g/mol. The third kappa shape index (κ3) is 3.69. The van der Waals surface area contributed by atoms with E-state index in [9.17, 15) is 14.4 Å². The minimum atomic E-state index is -0.651. The molecule has 0 atom stereocenters. The normalized spacial score (nSPS) is 10.7. The Labute approximate surface area is 150 Å². The van der Waals surface area contributed by atoms with Crippen molar-refractivity contribution in [1.82, 2.24) is 9.55 Å². The van der Waals surface area contributed by atoms with Crippen LogP contribution in [0.3, 0.4) is 0 Å². The second kappa shape index (κ2) is 7.31. The van der Waals surface area contributed by atoms with Crippen LogP contribution in [-0.4, -0.2) is 27.9 Å². The van der Waals surface area contributed by atoms with Gasteiger partial charge in [0, 0.05) is 5.56 Å². The lowest BCUT2D eigenvalue weighted by molar-refractivity contribution is -0.143. The molecule has 3 aromatic rings. The van der Waals surface area contributed by atoms with Crippen LogP contribution in [0.4, 0.5) is 0 Å². The van der Waals surface area contributed by atoms with E-state index in [0.717, 1.165) is 17.3 Å². The molecule has 0 saturated carbocycles. The van der Waals surface area contributed by atoms with Gasteiger partial charge in [0.25, 0.3) is 5.56 Å². The van der Waals surface area contributed by atoms with Crippen molar-refractivity contribution in [3.8, 4) is 0 Å². The second-order valence-electron chi connectivity index (χ2n) is 6.07. The number of Topliss-reactive ketones (excluding diaryl/α,β-unsaturated/α-hetero) is 1. The van der Waals surface area contributed by atoms with Gasteiger partial charge in [0.1, 0.15) is 6.54 Å². The van der Waals surface area contributed by atoms with Gasteiger partial charge in [0.2, 0.25) is 5.78 Å². The molecule has 0 radical (unpaired) electrons. The van der Waals surface area contributed by atoms with E-state index in [1.807, 2.05) is 26.0 Å². The summed E-state index contributed by atoms with van der Waals surface area (Å²) in [5.74, 6) is -0.923. The zero-order valence-electron chi connectivity index (χ0n) is 14.6. The van der Waals surface area contributed by atoms with Crippen LogP contribution in [0.5, 0.6) is 0 Å². The first kappa shape index (κ1) is 17.5. The fourth-order valence-corrected chi connectivity index (χ4v) is 2.71. The first-order chi connectivity index (χ1) is 12.5. The third-order valence-electron chi connectivity index (χ3n) is 4.10. The predicted octanol–water partition coefficient (Wildman–Crippen LogP) is 2.44. The second-order valence-corrected chi connectivity index (χ2v) is 6.07. The van der Waals surface area contributed by atoms with Crippen LogP contribution in [0.1, 0.15) is 21.5 Å². The molecule has 0 spiro atoms. The van der Waals surface area contributed by atoms with Crippen molar-refractivity contribution in [1.29, 1.82) is 0 Å². The molecule has 0 saturated heterocycles. The first-order valence-electron chi connectivity index (χ1n) is 8.16. The maximum atomic E-state index is 12.3. The van der Waals surface area contributed by atoms with Gasteiger partial charge in [-0.15, -0.1) is 0 Å². The molecule has 1 aromatic heterocycles. The molecule has 0 aliphatic heterocycles. The van der Waals surface area contributed by atoms with E-state index >= 15 is 0 Å². The van der Waals surface area contributed by atoms with E-state index in [0.29, 0.717) is 16.6 Å². The summed E-state index contributed by atoms with van der Waals surface area (Å²) in [6.07, 6.45) is 1.16. The van der Waals surface area contributed by atoms with Crippen LogP contribution in [0.25, 0.3) is 11.0 Å². The summed E-state index contributed by atoms with van der Waals surface area (Å²) in [5, 5.41) is 0. The van der Waals surface area contributed by atoms with Gasteiger partial charge in [-0.05, 0) is 37.6 Å². The Balaban J connectivity index is 1.72. The number of hydrogen-bond acceptors (Lipinski definition) is 5. The molecule has 3 rings (SSSR count). The zero-order chi connectivity index (χ0) is 18.7. The van der Waals surface area contributed by atoms with E-state index in [-0.39, 0.29) is 18.9 Å². The van der Waals surface area contributed by atoms with Crippen LogP contribution in [0.15, 0.2) is 53.5 Å². The molecular formula is C20H18N2O4. The number of aromatic nitrogens is 2. The Hall–Kier alpha value is -3.28. The number of carbonyl (C=O) groups is 2. The lowest BCUT2D eigenvalue weighted by Gasteiger charge is -2.10. The summed E-state index contributed by atoms with van der Waals surface area (Å²) in [4.78, 5) is 40.5. The number of esters is 1. The summed E-state index contributed by atoms with van der Waals surface area (Å²) in [7, 11) is 0. The topological polar surface area (TPSA) is 78.3 Å². The summed E-state index contributed by atoms with van der Waals surface area (Å²) >= 11 is 0. The van der Waals surface area contributed by atoms with Crippen LogP contribution in [0, 0.1) is 13.8 Å². The standard InChI is InChI=1S/C20H18N2O4/c1-13-7-8-14(2)15(9-13)18(23)12-26-20(25)11-22-17-6-4-3-5-16(17)21-10-19(22)24/h3-10H,11-12H2,1-2H3. The van der Waals surface area contributed by atoms with Gasteiger partial charge in [0.05, 0.1) is 17.2 Å². The lowest BCUT2D eigenvalue weighted by Crippen LogP contribution is -2.27. The molecule has 1 heterocycles. The Bertz CT molecular complexity index is 1050. The molecule has 6 nitrogen and oxygen atoms in total. The maximum Gasteiger partial charge on any atom is 0.326 e. The highest BCUT2D eigenvalue weighted by Crippen LogP contribution is 2.12. The Morgan fingerprint density at radius 3 is 2.69 bits per heavy atom. The average Bonchev–Trinajstić information content (AvgIpc) is 2.64. The number of aryl methyl sites for hydroxylation is 2. The van der Waals surface area contributed by atoms with Gasteiger partial charge in [-0.1, -0.05) is 29.8 Å². The zero-order valence-corrected chi connectivity index (χ0v) is 14.6. The van der Waals surface area contributed by atoms with E-state index in [4.69, 9.17) is 4.74 Å². The van der Waals surface area contributed by atoms with Gasteiger partial charge in [-0.25, -0.2) is 4.98 Å². The highest BCUT2D eigenvalue weighted by molar-refractivity contribution is 5.99. The summed E-state index contributed by atoms with van der Waals surface area (Å²) in [5.41, 5.74) is 3.06. The fraction of sp³-hybridized carbons (Fsp3) is 0.200. The molecule has 132 valence electrons. The number of ketones is 1. The number of para-hydroxylation sites is 2. The number of rotatable bonds is 5. The molecule has 26 heavy (non-hydrogen) atoms. The number of nitrogens with zero attached hydrogens (tertiary/aromatic N) is 2. The van der Waals surface area contributed by atoms with Gasteiger partial charge < -0.3 is 4.74 Å². The van der Waals surface area contributed by atoms with Crippen LogP contribution >= 0.6 is 0 Å². The summed E-state index contributed by atoms with van der Waals surface area (Å²) in [6.45, 7) is 3.09. The SMILES string of the molecule is Cc1ccc(C)c(C(=O)COC(=O)Cn2c(=O)cnc3ccccc32)c1. The maximum absolute atomic E-state index is 12.3. The number of fused-ring (bicyclic) bond motifs is 1. The smallest absolute Gasteiger partial charge is 0.326 e. The van der Waals surface area contributed by atoms with E-state index in [1.54, 1.807) is 30.3 Å². The molecule has 0 N–H and O–H groups in total. The van der Waals surface area contributed by atoms with Crippen molar-refractivity contribution in [3.05, 3.63) is 75.7 Å². The highest BCUT2D eigenvalue weighted by Gasteiger charge is 2.14. The highest BCUT2D eigenvalue weighted by atomic mass is 16.5. The lowest BCUT2D eigenvalue weighted by atomic mass is 10.0. The minimum absolute atomic E-state index is 0.272. The molecule has 0 unspecified atom stereocenters. The molecule has 2 aromatic carbocycles. The number of carbonyl (C=O) groups excluding carboxylic acids is 2. The van der Waals surface area contributed by atoms with Crippen molar-refractivity contribution in [3.63, 3.8) is 0 Å². The van der Waals surface area contributed by atoms with Crippen LogP contribution < -0.4 is 5.56 Å². The minimum Gasteiger partial charge on any atom is -0.456 e. The Morgan fingerprint density at radius 1 is 1.12 bits per heavy atom. The van der Waals surface area contributed by atoms with Gasteiger partial charge in [-0.3, -0.25) is 19.0 Å². The Morgan fingerprint density at radius 2 is 1.88 bits per heavy atom. The van der Waals surface area contributed by atoms with Crippen molar-refractivity contribution in [2.45, 2.75) is 20.4 Å². The van der Waals surface area contributed by atoms with Crippen molar-refractivity contribution in [2.24, 2.45) is 0 Å². The Kier molecular flexibility index (Phi) is 4.93. The summed E-state index contributed by atoms with van der Waals surface area (Å²) in [6, 6.07) is 12.6. The van der Waals surface area contributed by atoms with Crippen molar-refractivity contribution in [2.75, 3.05) is 6.61 Å². The molecular weight excluding hydrogens is 332 g/mol. The molecule has 6 heteroatoms. The van der Waals surface area contributed by atoms with Gasteiger partial charge >= 0.3 is 5.97 Å². The number of benzene rings is 2. The number of hydrogen-bond donors (Lipinski definition) is 0. The van der Waals surface area contributed by atoms with Gasteiger partial charge in [0.15, 0.2) is 6.61 Å². The van der Waals surface area contributed by atoms with E-state index in [2.05, 4.69) is 4.98 Å². The molecule has 0 amide bonds.